The van der Waals surface area contributed by atoms with Gasteiger partial charge in [-0.05, 0) is 35.4 Å². The van der Waals surface area contributed by atoms with E-state index in [9.17, 15) is 10.1 Å². The van der Waals surface area contributed by atoms with E-state index in [1.54, 1.807) is 12.1 Å². The number of pyridine rings is 1. The quantitative estimate of drug-likeness (QED) is 0.335. The lowest BCUT2D eigenvalue weighted by Gasteiger charge is -2.10. The molecule has 0 saturated carbocycles. The highest BCUT2D eigenvalue weighted by Crippen LogP contribution is 2.30. The van der Waals surface area contributed by atoms with Gasteiger partial charge < -0.3 is 0 Å². The summed E-state index contributed by atoms with van der Waals surface area (Å²) in [5.41, 5.74) is 5.74. The van der Waals surface area contributed by atoms with E-state index in [4.69, 9.17) is 4.98 Å². The van der Waals surface area contributed by atoms with Crippen LogP contribution in [0.5, 0.6) is 0 Å². The summed E-state index contributed by atoms with van der Waals surface area (Å²) in [6.45, 7) is 0. The molecule has 0 spiro atoms. The molecule has 0 aliphatic carbocycles. The molecule has 0 radical (unpaired) electrons. The van der Waals surface area contributed by atoms with Gasteiger partial charge in [-0.2, -0.15) is 0 Å². The lowest BCUT2D eigenvalue weighted by atomic mass is 10.00. The van der Waals surface area contributed by atoms with Crippen LogP contribution in [-0.2, 0) is 0 Å². The van der Waals surface area contributed by atoms with Gasteiger partial charge in [0.25, 0.3) is 5.69 Å². The highest BCUT2D eigenvalue weighted by atomic mass is 16.6. The molecule has 4 nitrogen and oxygen atoms in total. The van der Waals surface area contributed by atoms with Gasteiger partial charge >= 0.3 is 0 Å². The van der Waals surface area contributed by atoms with Crippen molar-refractivity contribution in [2.45, 2.75) is 0 Å². The van der Waals surface area contributed by atoms with E-state index < -0.39 is 4.92 Å². The van der Waals surface area contributed by atoms with Gasteiger partial charge in [-0.15, -0.1) is 0 Å². The van der Waals surface area contributed by atoms with Crippen LogP contribution in [-0.4, -0.2) is 9.91 Å². The normalized spacial score (nSPS) is 10.5. The number of rotatable bonds is 4. The van der Waals surface area contributed by atoms with Crippen molar-refractivity contribution in [2.75, 3.05) is 0 Å². The molecule has 0 saturated heterocycles. The zero-order valence-electron chi connectivity index (χ0n) is 14.4. The summed E-state index contributed by atoms with van der Waals surface area (Å²) in [7, 11) is 0. The van der Waals surface area contributed by atoms with E-state index in [0.29, 0.717) is 0 Å². The summed E-state index contributed by atoms with van der Waals surface area (Å²) in [4.78, 5) is 15.3. The topological polar surface area (TPSA) is 56.0 Å². The summed E-state index contributed by atoms with van der Waals surface area (Å²) in [6, 6.07) is 30.7. The summed E-state index contributed by atoms with van der Waals surface area (Å²) in [5, 5.41) is 10.9. The van der Waals surface area contributed by atoms with Gasteiger partial charge in [-0.1, -0.05) is 60.7 Å². The van der Waals surface area contributed by atoms with Crippen molar-refractivity contribution >= 4 is 5.69 Å². The van der Waals surface area contributed by atoms with Crippen LogP contribution in [0.15, 0.2) is 97.1 Å². The number of non-ortho nitro benzene ring substituents is 1. The molecule has 0 aliphatic heterocycles. The zero-order valence-corrected chi connectivity index (χ0v) is 14.4. The molecule has 1 heterocycles. The maximum atomic E-state index is 10.9. The second-order valence-corrected chi connectivity index (χ2v) is 6.16. The zero-order chi connectivity index (χ0) is 18.6. The first-order valence-corrected chi connectivity index (χ1v) is 8.58. The van der Waals surface area contributed by atoms with E-state index >= 15 is 0 Å². The molecular formula is C23H16N2O2. The lowest BCUT2D eigenvalue weighted by molar-refractivity contribution is -0.384. The fraction of sp³-hybridized carbons (Fsp3) is 0. The molecule has 0 amide bonds. The van der Waals surface area contributed by atoms with Crippen LogP contribution < -0.4 is 0 Å². The van der Waals surface area contributed by atoms with E-state index in [1.807, 2.05) is 54.6 Å². The average Bonchev–Trinajstić information content (AvgIpc) is 2.75. The molecule has 0 atom stereocenters. The van der Waals surface area contributed by atoms with Crippen LogP contribution in [0.1, 0.15) is 0 Å². The molecule has 1 aromatic heterocycles. The van der Waals surface area contributed by atoms with Gasteiger partial charge in [-0.25, -0.2) is 4.98 Å². The molecule has 130 valence electrons. The molecule has 27 heavy (non-hydrogen) atoms. The van der Waals surface area contributed by atoms with Gasteiger partial charge in [0.2, 0.25) is 0 Å². The first kappa shape index (κ1) is 16.7. The number of nitrogens with zero attached hydrogens (tertiary/aromatic N) is 2. The first-order valence-electron chi connectivity index (χ1n) is 8.58. The van der Waals surface area contributed by atoms with Crippen molar-refractivity contribution in [3.05, 3.63) is 107 Å². The maximum Gasteiger partial charge on any atom is 0.269 e. The van der Waals surface area contributed by atoms with Crippen LogP contribution >= 0.6 is 0 Å². The van der Waals surface area contributed by atoms with Crippen LogP contribution in [0.4, 0.5) is 5.69 Å². The standard InChI is InChI=1S/C23H16N2O2/c26-25(27)21-13-11-19(12-14-21)23-16-20(17-7-3-1-4-8-17)15-22(24-23)18-9-5-2-6-10-18/h1-16H. The highest BCUT2D eigenvalue weighted by Gasteiger charge is 2.10. The lowest BCUT2D eigenvalue weighted by Crippen LogP contribution is -1.92. The van der Waals surface area contributed by atoms with E-state index in [-0.39, 0.29) is 5.69 Å². The van der Waals surface area contributed by atoms with Crippen LogP contribution in [0, 0.1) is 10.1 Å². The van der Waals surface area contributed by atoms with Gasteiger partial charge in [0.1, 0.15) is 0 Å². The number of hydrogen-bond acceptors (Lipinski definition) is 3. The summed E-state index contributed by atoms with van der Waals surface area (Å²) >= 11 is 0. The van der Waals surface area contributed by atoms with Gasteiger partial charge in [0, 0.05) is 23.3 Å². The Kier molecular flexibility index (Phi) is 4.45. The molecule has 0 aliphatic rings. The second kappa shape index (κ2) is 7.22. The van der Waals surface area contributed by atoms with Crippen molar-refractivity contribution in [1.82, 2.24) is 4.98 Å². The molecule has 4 aromatic rings. The second-order valence-electron chi connectivity index (χ2n) is 6.16. The first-order chi connectivity index (χ1) is 13.2. The smallest absolute Gasteiger partial charge is 0.258 e. The van der Waals surface area contributed by atoms with E-state index in [1.165, 1.54) is 12.1 Å². The minimum atomic E-state index is -0.396. The van der Waals surface area contributed by atoms with Crippen molar-refractivity contribution < 1.29 is 4.92 Å². The van der Waals surface area contributed by atoms with E-state index in [2.05, 4.69) is 18.2 Å². The summed E-state index contributed by atoms with van der Waals surface area (Å²) in [6.07, 6.45) is 0. The largest absolute Gasteiger partial charge is 0.269 e. The number of hydrogen-bond donors (Lipinski definition) is 0. The molecule has 4 heteroatoms. The van der Waals surface area contributed by atoms with Crippen molar-refractivity contribution in [3.63, 3.8) is 0 Å². The molecule has 3 aromatic carbocycles. The predicted molar refractivity (Wildman–Crippen MR) is 107 cm³/mol. The van der Waals surface area contributed by atoms with Gasteiger partial charge in [0.15, 0.2) is 0 Å². The Labute approximate surface area is 156 Å². The Bertz CT molecular complexity index is 1020. The number of nitro groups is 1. The Morgan fingerprint density at radius 2 is 1.07 bits per heavy atom. The van der Waals surface area contributed by atoms with Gasteiger partial charge in [0.05, 0.1) is 16.3 Å². The predicted octanol–water partition coefficient (Wildman–Crippen LogP) is 5.99. The highest BCUT2D eigenvalue weighted by molar-refractivity contribution is 5.76. The number of nitro benzene ring substituents is 1. The Hall–Kier alpha value is -3.79. The summed E-state index contributed by atoms with van der Waals surface area (Å²) < 4.78 is 0. The minimum Gasteiger partial charge on any atom is -0.258 e. The van der Waals surface area contributed by atoms with Crippen molar-refractivity contribution in [3.8, 4) is 33.6 Å². The molecule has 0 fully saturated rings. The monoisotopic (exact) mass is 352 g/mol. The van der Waals surface area contributed by atoms with Crippen molar-refractivity contribution in [1.29, 1.82) is 0 Å². The Morgan fingerprint density at radius 3 is 1.59 bits per heavy atom. The minimum absolute atomic E-state index is 0.0706. The fourth-order valence-electron chi connectivity index (χ4n) is 2.99. The molecule has 4 rings (SSSR count). The third-order valence-corrected chi connectivity index (χ3v) is 4.38. The van der Waals surface area contributed by atoms with E-state index in [0.717, 1.165) is 33.6 Å². The maximum absolute atomic E-state index is 10.9. The molecule has 0 bridgehead atoms. The Balaban J connectivity index is 1.86. The number of aromatic nitrogens is 1. The summed E-state index contributed by atoms with van der Waals surface area (Å²) in [5.74, 6) is 0. The van der Waals surface area contributed by atoms with Crippen LogP contribution in [0.2, 0.25) is 0 Å². The average molecular weight is 352 g/mol. The molecule has 0 N–H and O–H groups in total. The third-order valence-electron chi connectivity index (χ3n) is 4.38. The molecule has 0 unspecified atom stereocenters. The SMILES string of the molecule is O=[N+]([O-])c1ccc(-c2cc(-c3ccccc3)cc(-c3ccccc3)n2)cc1. The van der Waals surface area contributed by atoms with Gasteiger partial charge in [-0.3, -0.25) is 10.1 Å². The fourth-order valence-corrected chi connectivity index (χ4v) is 2.99. The Morgan fingerprint density at radius 1 is 0.593 bits per heavy atom. The number of benzene rings is 3. The third kappa shape index (κ3) is 3.60. The van der Waals surface area contributed by atoms with Crippen LogP contribution in [0.3, 0.4) is 0 Å². The molecular weight excluding hydrogens is 336 g/mol. The van der Waals surface area contributed by atoms with Crippen molar-refractivity contribution in [2.24, 2.45) is 0 Å². The van der Waals surface area contributed by atoms with Crippen LogP contribution in [0.25, 0.3) is 33.6 Å².